The SMILES string of the molecule is O=C(c1ccc(O)c(O)c1)N1CCC(O)C1. The molecule has 1 atom stereocenters. The summed E-state index contributed by atoms with van der Waals surface area (Å²) in [7, 11) is 0. The fourth-order valence-corrected chi connectivity index (χ4v) is 1.77. The quantitative estimate of drug-likeness (QED) is 0.598. The highest BCUT2D eigenvalue weighted by Crippen LogP contribution is 2.26. The van der Waals surface area contributed by atoms with E-state index in [2.05, 4.69) is 0 Å². The summed E-state index contributed by atoms with van der Waals surface area (Å²) in [4.78, 5) is 13.4. The van der Waals surface area contributed by atoms with E-state index in [-0.39, 0.29) is 17.4 Å². The van der Waals surface area contributed by atoms with Crippen molar-refractivity contribution in [2.75, 3.05) is 13.1 Å². The van der Waals surface area contributed by atoms with Gasteiger partial charge in [-0.1, -0.05) is 0 Å². The van der Waals surface area contributed by atoms with Gasteiger partial charge in [-0.15, -0.1) is 0 Å². The number of aliphatic hydroxyl groups excluding tert-OH is 1. The number of rotatable bonds is 1. The molecule has 0 radical (unpaired) electrons. The number of hydrogen-bond acceptors (Lipinski definition) is 4. The van der Waals surface area contributed by atoms with Gasteiger partial charge in [-0.2, -0.15) is 0 Å². The summed E-state index contributed by atoms with van der Waals surface area (Å²) >= 11 is 0. The third-order valence-corrected chi connectivity index (χ3v) is 2.67. The van der Waals surface area contributed by atoms with Crippen LogP contribution >= 0.6 is 0 Å². The molecule has 16 heavy (non-hydrogen) atoms. The van der Waals surface area contributed by atoms with E-state index in [0.717, 1.165) is 0 Å². The van der Waals surface area contributed by atoms with Crippen LogP contribution in [0.2, 0.25) is 0 Å². The van der Waals surface area contributed by atoms with Gasteiger partial charge in [-0.3, -0.25) is 4.79 Å². The van der Waals surface area contributed by atoms with E-state index >= 15 is 0 Å². The van der Waals surface area contributed by atoms with Gasteiger partial charge in [0.05, 0.1) is 6.10 Å². The maximum absolute atomic E-state index is 11.9. The van der Waals surface area contributed by atoms with Crippen LogP contribution in [0, 0.1) is 0 Å². The van der Waals surface area contributed by atoms with Crippen molar-refractivity contribution in [3.05, 3.63) is 23.8 Å². The van der Waals surface area contributed by atoms with Gasteiger partial charge in [0.2, 0.25) is 0 Å². The van der Waals surface area contributed by atoms with Gasteiger partial charge in [0.25, 0.3) is 5.91 Å². The number of aliphatic hydroxyl groups is 1. The molecular weight excluding hydrogens is 210 g/mol. The molecule has 1 fully saturated rings. The van der Waals surface area contributed by atoms with E-state index in [1.807, 2.05) is 0 Å². The molecule has 3 N–H and O–H groups in total. The van der Waals surface area contributed by atoms with Crippen molar-refractivity contribution >= 4 is 5.91 Å². The van der Waals surface area contributed by atoms with E-state index < -0.39 is 6.10 Å². The number of β-amino-alcohol motifs (C(OH)–C–C–N with tert-alkyl or cyclic N) is 1. The third kappa shape index (κ3) is 1.94. The summed E-state index contributed by atoms with van der Waals surface area (Å²) in [5.41, 5.74) is 0.310. The van der Waals surface area contributed by atoms with Crippen LogP contribution < -0.4 is 0 Å². The number of carbonyl (C=O) groups is 1. The Morgan fingerprint density at radius 1 is 1.31 bits per heavy atom. The molecule has 1 aliphatic rings. The lowest BCUT2D eigenvalue weighted by atomic mass is 10.2. The van der Waals surface area contributed by atoms with Crippen LogP contribution in [0.5, 0.6) is 11.5 Å². The summed E-state index contributed by atoms with van der Waals surface area (Å²) in [6.07, 6.45) is 0.116. The van der Waals surface area contributed by atoms with Gasteiger partial charge < -0.3 is 20.2 Å². The first kappa shape index (κ1) is 10.8. The number of benzene rings is 1. The zero-order valence-electron chi connectivity index (χ0n) is 8.63. The minimum Gasteiger partial charge on any atom is -0.504 e. The number of phenols is 2. The molecule has 5 nitrogen and oxygen atoms in total. The summed E-state index contributed by atoms with van der Waals surface area (Å²) in [6.45, 7) is 0.835. The number of hydrogen-bond donors (Lipinski definition) is 3. The fourth-order valence-electron chi connectivity index (χ4n) is 1.77. The standard InChI is InChI=1S/C11H13NO4/c13-8-3-4-12(6-8)11(16)7-1-2-9(14)10(15)5-7/h1-2,5,8,13-15H,3-4,6H2. The van der Waals surface area contributed by atoms with E-state index in [9.17, 15) is 15.0 Å². The first-order chi connectivity index (χ1) is 7.58. The lowest BCUT2D eigenvalue weighted by Gasteiger charge is -2.15. The summed E-state index contributed by atoms with van der Waals surface area (Å²) in [5.74, 6) is -0.810. The maximum atomic E-state index is 11.9. The summed E-state index contributed by atoms with van der Waals surface area (Å²) < 4.78 is 0. The molecule has 2 rings (SSSR count). The molecule has 1 unspecified atom stereocenters. The number of amides is 1. The van der Waals surface area contributed by atoms with Crippen molar-refractivity contribution in [3.63, 3.8) is 0 Å². The topological polar surface area (TPSA) is 81.0 Å². The van der Waals surface area contributed by atoms with Crippen LogP contribution in [0.3, 0.4) is 0 Å². The minimum atomic E-state index is -0.463. The van der Waals surface area contributed by atoms with Gasteiger partial charge in [-0.25, -0.2) is 0 Å². The lowest BCUT2D eigenvalue weighted by molar-refractivity contribution is 0.0764. The number of nitrogens with zero attached hydrogens (tertiary/aromatic N) is 1. The molecular formula is C11H13NO4. The van der Waals surface area contributed by atoms with Crippen LogP contribution in [-0.4, -0.2) is 45.3 Å². The third-order valence-electron chi connectivity index (χ3n) is 2.67. The first-order valence-corrected chi connectivity index (χ1v) is 5.07. The number of aromatic hydroxyl groups is 2. The van der Waals surface area contributed by atoms with Crippen molar-refractivity contribution in [3.8, 4) is 11.5 Å². The van der Waals surface area contributed by atoms with Crippen molar-refractivity contribution in [1.82, 2.24) is 4.90 Å². The van der Waals surface area contributed by atoms with Gasteiger partial charge in [0, 0.05) is 18.7 Å². The monoisotopic (exact) mass is 223 g/mol. The Kier molecular flexibility index (Phi) is 2.70. The van der Waals surface area contributed by atoms with E-state index in [1.54, 1.807) is 0 Å². The Morgan fingerprint density at radius 3 is 2.62 bits per heavy atom. The number of phenolic OH excluding ortho intramolecular Hbond substituents is 2. The van der Waals surface area contributed by atoms with Gasteiger partial charge in [-0.05, 0) is 24.6 Å². The largest absolute Gasteiger partial charge is 0.504 e. The number of likely N-dealkylation sites (tertiary alicyclic amines) is 1. The Morgan fingerprint density at radius 2 is 2.06 bits per heavy atom. The molecule has 0 saturated carbocycles. The minimum absolute atomic E-state index is 0.244. The van der Waals surface area contributed by atoms with Crippen LogP contribution in [0.4, 0.5) is 0 Å². The Labute approximate surface area is 92.6 Å². The number of carbonyl (C=O) groups excluding carboxylic acids is 1. The predicted octanol–water partition coefficient (Wildman–Crippen LogP) is 0.305. The van der Waals surface area contributed by atoms with Crippen LogP contribution in [0.1, 0.15) is 16.8 Å². The van der Waals surface area contributed by atoms with Crippen LogP contribution in [0.15, 0.2) is 18.2 Å². The second kappa shape index (κ2) is 4.02. The Bertz CT molecular complexity index is 418. The zero-order chi connectivity index (χ0) is 11.7. The smallest absolute Gasteiger partial charge is 0.254 e. The molecule has 5 heteroatoms. The van der Waals surface area contributed by atoms with Gasteiger partial charge >= 0.3 is 0 Å². The molecule has 0 aliphatic carbocycles. The highest BCUT2D eigenvalue weighted by Gasteiger charge is 2.25. The maximum Gasteiger partial charge on any atom is 0.254 e. The van der Waals surface area contributed by atoms with E-state index in [1.165, 1.54) is 23.1 Å². The van der Waals surface area contributed by atoms with Gasteiger partial charge in [0.15, 0.2) is 11.5 Å². The molecule has 1 amide bonds. The molecule has 1 saturated heterocycles. The molecule has 0 bridgehead atoms. The molecule has 1 aromatic carbocycles. The van der Waals surface area contributed by atoms with Crippen molar-refractivity contribution in [2.24, 2.45) is 0 Å². The second-order valence-corrected chi connectivity index (χ2v) is 3.90. The summed E-state index contributed by atoms with van der Waals surface area (Å²) in [5, 5.41) is 27.7. The predicted molar refractivity (Wildman–Crippen MR) is 56.3 cm³/mol. The molecule has 1 aromatic rings. The zero-order valence-corrected chi connectivity index (χ0v) is 8.63. The summed E-state index contributed by atoms with van der Waals surface area (Å²) in [6, 6.07) is 3.94. The van der Waals surface area contributed by atoms with Crippen LogP contribution in [0.25, 0.3) is 0 Å². The molecule has 1 aliphatic heterocycles. The molecule has 86 valence electrons. The van der Waals surface area contributed by atoms with Crippen LogP contribution in [-0.2, 0) is 0 Å². The molecule has 0 aromatic heterocycles. The second-order valence-electron chi connectivity index (χ2n) is 3.90. The van der Waals surface area contributed by atoms with E-state index in [0.29, 0.717) is 25.1 Å². The molecule has 0 spiro atoms. The Balaban J connectivity index is 2.18. The van der Waals surface area contributed by atoms with Crippen molar-refractivity contribution in [2.45, 2.75) is 12.5 Å². The van der Waals surface area contributed by atoms with E-state index in [4.69, 9.17) is 5.11 Å². The van der Waals surface area contributed by atoms with Crippen molar-refractivity contribution in [1.29, 1.82) is 0 Å². The highest BCUT2D eigenvalue weighted by atomic mass is 16.3. The fraction of sp³-hybridized carbons (Fsp3) is 0.364. The van der Waals surface area contributed by atoms with Crippen molar-refractivity contribution < 1.29 is 20.1 Å². The first-order valence-electron chi connectivity index (χ1n) is 5.07. The highest BCUT2D eigenvalue weighted by molar-refractivity contribution is 5.95. The van der Waals surface area contributed by atoms with Gasteiger partial charge in [0.1, 0.15) is 0 Å². The normalized spacial score (nSPS) is 20.1. The molecule has 1 heterocycles. The average Bonchev–Trinajstić information content (AvgIpc) is 2.68. The Hall–Kier alpha value is -1.75. The average molecular weight is 223 g/mol. The lowest BCUT2D eigenvalue weighted by Crippen LogP contribution is -2.29.